The smallest absolute Gasteiger partial charge is 0.254 e. The minimum Gasteiger partial charge on any atom is -0.485 e. The van der Waals surface area contributed by atoms with Gasteiger partial charge < -0.3 is 9.30 Å². The summed E-state index contributed by atoms with van der Waals surface area (Å²) < 4.78 is 7.54. The van der Waals surface area contributed by atoms with Crippen LogP contribution < -0.4 is 10.3 Å². The average molecular weight is 415 g/mol. The van der Waals surface area contributed by atoms with Crippen LogP contribution in [0.5, 0.6) is 5.75 Å². The molecule has 2 aliphatic carbocycles. The van der Waals surface area contributed by atoms with E-state index in [0.29, 0.717) is 23.5 Å². The highest BCUT2D eigenvalue weighted by Crippen LogP contribution is 2.32. The first-order valence-electron chi connectivity index (χ1n) is 10.8. The van der Waals surface area contributed by atoms with Crippen LogP contribution in [0.1, 0.15) is 67.3 Å². The van der Waals surface area contributed by atoms with E-state index in [1.165, 1.54) is 18.9 Å². The lowest BCUT2D eigenvalue weighted by atomic mass is 10.1. The Labute approximate surface area is 181 Å². The van der Waals surface area contributed by atoms with Gasteiger partial charge in [-0.2, -0.15) is 4.80 Å². The predicted molar refractivity (Wildman–Crippen MR) is 116 cm³/mol. The molecule has 7 nitrogen and oxygen atoms in total. The van der Waals surface area contributed by atoms with Gasteiger partial charge in [-0.3, -0.25) is 4.79 Å². The van der Waals surface area contributed by atoms with Crippen molar-refractivity contribution < 1.29 is 4.74 Å². The van der Waals surface area contributed by atoms with Crippen LogP contribution in [0, 0.1) is 24.7 Å². The van der Waals surface area contributed by atoms with Crippen LogP contribution in [0.4, 0.5) is 0 Å². The highest BCUT2D eigenvalue weighted by molar-refractivity contribution is 5.38. The number of benzene rings is 1. The number of aromatic nitrogens is 5. The molecule has 2 aliphatic rings. The van der Waals surface area contributed by atoms with Gasteiger partial charge in [0.15, 0.2) is 6.61 Å². The fourth-order valence-corrected chi connectivity index (χ4v) is 3.59. The molecule has 0 N–H and O–H groups in total. The molecule has 31 heavy (non-hydrogen) atoms. The number of ether oxygens (including phenoxy) is 1. The van der Waals surface area contributed by atoms with E-state index >= 15 is 0 Å². The molecule has 1 aromatic carbocycles. The molecular formula is C24H25N5O2. The monoisotopic (exact) mass is 415 g/mol. The summed E-state index contributed by atoms with van der Waals surface area (Å²) in [6.07, 6.45) is 4.65. The Kier molecular flexibility index (Phi) is 5.06. The minimum atomic E-state index is -0.102. The molecule has 0 saturated heterocycles. The SMILES string of the molecule is Cc1cc(OCc2nnn(C3CC3)n2)cc(=O)n1[C@H](C)c1ccc(C#CC2CC2)cc1. The maximum absolute atomic E-state index is 12.9. The van der Waals surface area contributed by atoms with Gasteiger partial charge in [0.05, 0.1) is 12.1 Å². The van der Waals surface area contributed by atoms with Gasteiger partial charge in [0, 0.05) is 23.2 Å². The molecule has 7 heteroatoms. The maximum Gasteiger partial charge on any atom is 0.254 e. The van der Waals surface area contributed by atoms with Gasteiger partial charge in [0.25, 0.3) is 5.56 Å². The lowest BCUT2D eigenvalue weighted by Crippen LogP contribution is -2.25. The number of nitrogens with zero attached hydrogens (tertiary/aromatic N) is 5. The van der Waals surface area contributed by atoms with E-state index in [9.17, 15) is 4.79 Å². The summed E-state index contributed by atoms with van der Waals surface area (Å²) in [5.41, 5.74) is 2.82. The number of aryl methyl sites for hydroxylation is 1. The van der Waals surface area contributed by atoms with Crippen molar-refractivity contribution in [2.24, 2.45) is 5.92 Å². The zero-order valence-corrected chi connectivity index (χ0v) is 17.8. The molecular weight excluding hydrogens is 390 g/mol. The lowest BCUT2D eigenvalue weighted by molar-refractivity contribution is 0.293. The van der Waals surface area contributed by atoms with Crippen LogP contribution >= 0.6 is 0 Å². The number of pyridine rings is 1. The van der Waals surface area contributed by atoms with Crippen LogP contribution in [0.3, 0.4) is 0 Å². The van der Waals surface area contributed by atoms with E-state index in [1.807, 2.05) is 44.2 Å². The Morgan fingerprint density at radius 2 is 1.94 bits per heavy atom. The van der Waals surface area contributed by atoms with Crippen LogP contribution in [0.2, 0.25) is 0 Å². The zero-order valence-electron chi connectivity index (χ0n) is 17.8. The number of rotatable bonds is 6. The summed E-state index contributed by atoms with van der Waals surface area (Å²) in [5, 5.41) is 12.4. The highest BCUT2D eigenvalue weighted by Gasteiger charge is 2.26. The molecule has 0 aliphatic heterocycles. The molecule has 0 radical (unpaired) electrons. The molecule has 3 aromatic rings. The largest absolute Gasteiger partial charge is 0.485 e. The average Bonchev–Trinajstić information content (AvgIpc) is 3.70. The van der Waals surface area contributed by atoms with E-state index in [2.05, 4.69) is 27.3 Å². The summed E-state index contributed by atoms with van der Waals surface area (Å²) in [7, 11) is 0. The topological polar surface area (TPSA) is 74.8 Å². The van der Waals surface area contributed by atoms with Gasteiger partial charge in [-0.15, -0.1) is 10.2 Å². The van der Waals surface area contributed by atoms with Gasteiger partial charge >= 0.3 is 0 Å². The normalized spacial score (nSPS) is 16.5. The molecule has 0 spiro atoms. The second-order valence-corrected chi connectivity index (χ2v) is 8.43. The molecule has 2 heterocycles. The van der Waals surface area contributed by atoms with Crippen molar-refractivity contribution in [3.8, 4) is 17.6 Å². The fourth-order valence-electron chi connectivity index (χ4n) is 3.59. The van der Waals surface area contributed by atoms with Crippen molar-refractivity contribution >= 4 is 0 Å². The second kappa shape index (κ2) is 8.03. The molecule has 2 fully saturated rings. The van der Waals surface area contributed by atoms with Crippen molar-refractivity contribution in [1.29, 1.82) is 0 Å². The first-order chi connectivity index (χ1) is 15.1. The Morgan fingerprint density at radius 1 is 1.16 bits per heavy atom. The minimum absolute atomic E-state index is 0.0906. The van der Waals surface area contributed by atoms with Crippen molar-refractivity contribution in [2.75, 3.05) is 0 Å². The fraction of sp³-hybridized carbons (Fsp3) is 0.417. The van der Waals surface area contributed by atoms with Crippen molar-refractivity contribution in [3.63, 3.8) is 0 Å². The predicted octanol–water partition coefficient (Wildman–Crippen LogP) is 3.43. The maximum atomic E-state index is 12.9. The Bertz CT molecular complexity index is 1210. The number of hydrogen-bond donors (Lipinski definition) is 0. The molecule has 1 atom stereocenters. The van der Waals surface area contributed by atoms with Crippen molar-refractivity contribution in [2.45, 2.75) is 58.2 Å². The van der Waals surface area contributed by atoms with Gasteiger partial charge in [-0.05, 0) is 68.5 Å². The van der Waals surface area contributed by atoms with Gasteiger partial charge in [0.1, 0.15) is 5.75 Å². The van der Waals surface area contributed by atoms with E-state index in [4.69, 9.17) is 4.74 Å². The molecule has 5 rings (SSSR count). The third-order valence-electron chi connectivity index (χ3n) is 5.72. The van der Waals surface area contributed by atoms with E-state index in [0.717, 1.165) is 29.7 Å². The molecule has 0 amide bonds. The van der Waals surface area contributed by atoms with Crippen molar-refractivity contribution in [1.82, 2.24) is 24.8 Å². The number of tetrazole rings is 1. The first kappa shape index (κ1) is 19.6. The van der Waals surface area contributed by atoms with Gasteiger partial charge in [0.2, 0.25) is 5.82 Å². The Hall–Kier alpha value is -3.40. The van der Waals surface area contributed by atoms with Crippen LogP contribution in [-0.2, 0) is 6.61 Å². The first-order valence-corrected chi connectivity index (χ1v) is 10.8. The Morgan fingerprint density at radius 3 is 2.61 bits per heavy atom. The number of hydrogen-bond acceptors (Lipinski definition) is 5. The van der Waals surface area contributed by atoms with Gasteiger partial charge in [-0.25, -0.2) is 0 Å². The van der Waals surface area contributed by atoms with Crippen LogP contribution in [0.15, 0.2) is 41.2 Å². The van der Waals surface area contributed by atoms with E-state index in [-0.39, 0.29) is 18.2 Å². The second-order valence-electron chi connectivity index (χ2n) is 8.43. The summed E-state index contributed by atoms with van der Waals surface area (Å²) in [5.74, 6) is 8.13. The summed E-state index contributed by atoms with van der Waals surface area (Å²) in [4.78, 5) is 14.5. The third kappa shape index (κ3) is 4.53. The standard InChI is InChI=1S/C24H25N5O2/c1-16-13-22(31-15-23-25-27-29(26-23)21-11-12-21)14-24(30)28(16)17(2)20-9-7-19(8-10-20)6-5-18-3-4-18/h7-10,13-14,17-18,21H,3-4,11-12,15H2,1-2H3/t17-/m1/s1. The Balaban J connectivity index is 1.28. The van der Waals surface area contributed by atoms with Crippen LogP contribution in [0.25, 0.3) is 0 Å². The van der Waals surface area contributed by atoms with Gasteiger partial charge in [-0.1, -0.05) is 24.0 Å². The molecule has 2 aromatic heterocycles. The summed E-state index contributed by atoms with van der Waals surface area (Å²) >= 11 is 0. The summed E-state index contributed by atoms with van der Waals surface area (Å²) in [6.45, 7) is 4.14. The lowest BCUT2D eigenvalue weighted by Gasteiger charge is -2.19. The van der Waals surface area contributed by atoms with E-state index < -0.39 is 0 Å². The molecule has 2 saturated carbocycles. The molecule has 0 unspecified atom stereocenters. The molecule has 158 valence electrons. The summed E-state index contributed by atoms with van der Waals surface area (Å²) in [6, 6.07) is 11.8. The zero-order chi connectivity index (χ0) is 21.4. The van der Waals surface area contributed by atoms with Crippen LogP contribution in [-0.4, -0.2) is 24.8 Å². The molecule has 0 bridgehead atoms. The highest BCUT2D eigenvalue weighted by atomic mass is 16.5. The van der Waals surface area contributed by atoms with Crippen molar-refractivity contribution in [3.05, 3.63) is 69.4 Å². The third-order valence-corrected chi connectivity index (χ3v) is 5.72. The van der Waals surface area contributed by atoms with E-state index in [1.54, 1.807) is 9.36 Å². The quantitative estimate of drug-likeness (QED) is 0.577.